The Morgan fingerprint density at radius 1 is 0.971 bits per heavy atom. The third-order valence-corrected chi connectivity index (χ3v) is 6.00. The Bertz CT molecular complexity index is 1560. The highest BCUT2D eigenvalue weighted by Gasteiger charge is 2.34. The van der Waals surface area contributed by atoms with Gasteiger partial charge in [-0.15, -0.1) is 0 Å². The molecule has 3 aromatic carbocycles. The van der Waals surface area contributed by atoms with E-state index in [2.05, 4.69) is 10.0 Å². The van der Waals surface area contributed by atoms with Crippen molar-refractivity contribution in [2.24, 2.45) is 5.73 Å². The van der Waals surface area contributed by atoms with E-state index in [4.69, 9.17) is 5.73 Å². The molecule has 4 rings (SSSR count). The summed E-state index contributed by atoms with van der Waals surface area (Å²) in [7, 11) is -2.03. The van der Waals surface area contributed by atoms with E-state index >= 15 is 0 Å². The highest BCUT2D eigenvalue weighted by atomic mass is 32.2. The van der Waals surface area contributed by atoms with Crippen molar-refractivity contribution in [3.05, 3.63) is 78.0 Å². The first kappa shape index (κ1) is 24.1. The summed E-state index contributed by atoms with van der Waals surface area (Å²) in [6.07, 6.45) is -3.59. The van der Waals surface area contributed by atoms with Crippen LogP contribution in [0.15, 0.2) is 66.7 Å². The van der Waals surface area contributed by atoms with Crippen molar-refractivity contribution in [2.45, 2.75) is 6.18 Å². The summed E-state index contributed by atoms with van der Waals surface area (Å²) in [5.41, 5.74) is 6.52. The smallest absolute Gasteiger partial charge is 0.388 e. The third kappa shape index (κ3) is 4.94. The van der Waals surface area contributed by atoms with Crippen molar-refractivity contribution in [1.82, 2.24) is 4.57 Å². The Morgan fingerprint density at radius 3 is 2.31 bits per heavy atom. The Labute approximate surface area is 199 Å². The number of nitrogens with one attached hydrogen (secondary N) is 2. The average molecular weight is 503 g/mol. The fraction of sp³-hybridized carbons (Fsp3) is 0.125. The summed E-state index contributed by atoms with van der Waals surface area (Å²) < 4.78 is 68.7. The molecule has 35 heavy (non-hydrogen) atoms. The van der Waals surface area contributed by atoms with Crippen molar-refractivity contribution in [3.8, 4) is 16.8 Å². The second kappa shape index (κ2) is 8.66. The van der Waals surface area contributed by atoms with Gasteiger partial charge in [0.1, 0.15) is 5.69 Å². The maximum absolute atomic E-state index is 13.8. The topological polar surface area (TPSA) is 106 Å². The second-order valence-corrected chi connectivity index (χ2v) is 9.68. The van der Waals surface area contributed by atoms with Crippen LogP contribution in [0.1, 0.15) is 16.1 Å². The number of aromatic nitrogens is 1. The molecule has 0 spiro atoms. The van der Waals surface area contributed by atoms with E-state index in [0.29, 0.717) is 22.3 Å². The minimum Gasteiger partial charge on any atom is -0.388 e. The number of hydrogen-bond acceptors (Lipinski definition) is 4. The van der Waals surface area contributed by atoms with Crippen LogP contribution < -0.4 is 15.8 Å². The van der Waals surface area contributed by atoms with Gasteiger partial charge in [0.05, 0.1) is 23.0 Å². The molecule has 1 amide bonds. The van der Waals surface area contributed by atoms with E-state index in [1.807, 2.05) is 0 Å². The molecule has 1 aromatic heterocycles. The molecule has 0 atom stereocenters. The van der Waals surface area contributed by atoms with Crippen molar-refractivity contribution >= 4 is 38.2 Å². The lowest BCUT2D eigenvalue weighted by Crippen LogP contribution is -2.16. The average Bonchev–Trinajstić information content (AvgIpc) is 3.16. The zero-order valence-electron chi connectivity index (χ0n) is 18.6. The molecule has 0 bridgehead atoms. The van der Waals surface area contributed by atoms with Gasteiger partial charge < -0.3 is 15.6 Å². The van der Waals surface area contributed by atoms with Gasteiger partial charge in [-0.3, -0.25) is 9.52 Å². The van der Waals surface area contributed by atoms with Gasteiger partial charge in [-0.1, -0.05) is 24.3 Å². The van der Waals surface area contributed by atoms with Crippen molar-refractivity contribution in [2.75, 3.05) is 23.3 Å². The third-order valence-electron chi connectivity index (χ3n) is 5.39. The van der Waals surface area contributed by atoms with Gasteiger partial charge in [0.2, 0.25) is 10.0 Å². The lowest BCUT2D eigenvalue weighted by Gasteiger charge is -2.16. The minimum atomic E-state index is -4.59. The van der Waals surface area contributed by atoms with Crippen LogP contribution >= 0.6 is 0 Å². The number of anilines is 2. The molecule has 4 aromatic rings. The van der Waals surface area contributed by atoms with Gasteiger partial charge in [-0.25, -0.2) is 8.42 Å². The first-order valence-electron chi connectivity index (χ1n) is 10.3. The molecule has 182 valence electrons. The zero-order chi connectivity index (χ0) is 25.5. The Morgan fingerprint density at radius 2 is 1.69 bits per heavy atom. The number of fused-ring (bicyclic) bond motifs is 1. The van der Waals surface area contributed by atoms with Crippen molar-refractivity contribution < 1.29 is 26.4 Å². The Balaban J connectivity index is 1.94. The van der Waals surface area contributed by atoms with Gasteiger partial charge >= 0.3 is 6.18 Å². The summed E-state index contributed by atoms with van der Waals surface area (Å²) in [4.78, 5) is 12.2. The number of nitrogens with two attached hydrogens (primary N) is 1. The normalized spacial score (nSPS) is 12.0. The monoisotopic (exact) mass is 502 g/mol. The van der Waals surface area contributed by atoms with Crippen LogP contribution in [0.3, 0.4) is 0 Å². The summed E-state index contributed by atoms with van der Waals surface area (Å²) in [5.74, 6) is -0.751. The van der Waals surface area contributed by atoms with E-state index < -0.39 is 27.7 Å². The van der Waals surface area contributed by atoms with Crippen molar-refractivity contribution in [1.29, 1.82) is 0 Å². The van der Waals surface area contributed by atoms with Crippen LogP contribution in [0, 0.1) is 0 Å². The number of hydrogen-bond donors (Lipinski definition) is 3. The van der Waals surface area contributed by atoms with Gasteiger partial charge in [0, 0.05) is 23.8 Å². The van der Waals surface area contributed by atoms with E-state index in [-0.39, 0.29) is 22.5 Å². The number of amides is 1. The number of carbonyl (C=O) groups excluding carboxylic acids is 1. The molecule has 0 saturated heterocycles. The van der Waals surface area contributed by atoms with Crippen LogP contribution in [0.2, 0.25) is 0 Å². The summed E-state index contributed by atoms with van der Waals surface area (Å²) >= 11 is 0. The number of alkyl halides is 3. The Hall–Kier alpha value is -3.99. The number of sulfonamides is 1. The number of nitrogens with zero attached hydrogens (tertiary/aromatic N) is 1. The first-order chi connectivity index (χ1) is 16.4. The predicted octanol–water partition coefficient (Wildman–Crippen LogP) is 4.83. The molecule has 11 heteroatoms. The first-order valence-corrected chi connectivity index (χ1v) is 12.2. The number of benzene rings is 3. The number of carbonyl (C=O) groups is 1. The maximum Gasteiger partial charge on any atom is 0.417 e. The molecule has 7 nitrogen and oxygen atoms in total. The fourth-order valence-corrected chi connectivity index (χ4v) is 4.49. The number of rotatable bonds is 6. The van der Waals surface area contributed by atoms with E-state index in [1.54, 1.807) is 30.3 Å². The van der Waals surface area contributed by atoms with Crippen LogP contribution in [0.25, 0.3) is 27.7 Å². The predicted molar refractivity (Wildman–Crippen MR) is 130 cm³/mol. The molecule has 0 radical (unpaired) electrons. The Kier molecular flexibility index (Phi) is 5.97. The number of halogens is 3. The second-order valence-electron chi connectivity index (χ2n) is 7.94. The van der Waals surface area contributed by atoms with E-state index in [1.165, 1.54) is 41.9 Å². The van der Waals surface area contributed by atoms with Gasteiger partial charge in [-0.05, 0) is 53.6 Å². The fourth-order valence-electron chi connectivity index (χ4n) is 3.94. The molecule has 1 heterocycles. The molecular weight excluding hydrogens is 481 g/mol. The summed E-state index contributed by atoms with van der Waals surface area (Å²) in [6, 6.07) is 16.4. The molecular formula is C24H21F3N4O3S. The standard InChI is InChI=1S/C24H21F3N4O3S/c1-29-16-8-9-19(20(12-16)24(25,26)27)14-4-3-5-18(10-14)31-21-13-17(30-35(2,33)34)7-6-15(21)11-22(31)23(28)32/h3-13,29-30H,1-2H3,(H2,28,32). The van der Waals surface area contributed by atoms with Gasteiger partial charge in [0.15, 0.2) is 0 Å². The minimum absolute atomic E-state index is 0.0325. The molecule has 4 N–H and O–H groups in total. The maximum atomic E-state index is 13.8. The quantitative estimate of drug-likeness (QED) is 0.351. The van der Waals surface area contributed by atoms with Crippen LogP contribution in [0.4, 0.5) is 24.5 Å². The lowest BCUT2D eigenvalue weighted by atomic mass is 9.98. The highest BCUT2D eigenvalue weighted by molar-refractivity contribution is 7.92. The lowest BCUT2D eigenvalue weighted by molar-refractivity contribution is -0.137. The van der Waals surface area contributed by atoms with Crippen LogP contribution in [-0.4, -0.2) is 32.2 Å². The van der Waals surface area contributed by atoms with Crippen molar-refractivity contribution in [3.63, 3.8) is 0 Å². The SMILES string of the molecule is CNc1ccc(-c2cccc(-n3c(C(N)=O)cc4ccc(NS(C)(=O)=O)cc43)c2)c(C(F)(F)F)c1. The molecule has 0 aliphatic heterocycles. The van der Waals surface area contributed by atoms with Crippen LogP contribution in [-0.2, 0) is 16.2 Å². The zero-order valence-corrected chi connectivity index (χ0v) is 19.5. The highest BCUT2D eigenvalue weighted by Crippen LogP contribution is 2.39. The van der Waals surface area contributed by atoms with E-state index in [0.717, 1.165) is 12.3 Å². The van der Waals surface area contributed by atoms with Gasteiger partial charge in [-0.2, -0.15) is 13.2 Å². The van der Waals surface area contributed by atoms with E-state index in [9.17, 15) is 26.4 Å². The number of primary amides is 1. The largest absolute Gasteiger partial charge is 0.417 e. The molecule has 0 saturated carbocycles. The van der Waals surface area contributed by atoms with Gasteiger partial charge in [0.25, 0.3) is 5.91 Å². The summed E-state index contributed by atoms with van der Waals surface area (Å²) in [6.45, 7) is 0. The molecule has 0 fully saturated rings. The van der Waals surface area contributed by atoms with Crippen LogP contribution in [0.5, 0.6) is 0 Å². The molecule has 0 unspecified atom stereocenters. The molecule has 0 aliphatic rings. The summed E-state index contributed by atoms with van der Waals surface area (Å²) in [5, 5.41) is 3.30. The molecule has 0 aliphatic carbocycles.